The van der Waals surface area contributed by atoms with Crippen molar-refractivity contribution >= 4 is 5.95 Å². The molecule has 0 amide bonds. The van der Waals surface area contributed by atoms with E-state index in [0.717, 1.165) is 26.2 Å². The highest BCUT2D eigenvalue weighted by Gasteiger charge is 2.16. The monoisotopic (exact) mass is 226 g/mol. The van der Waals surface area contributed by atoms with Crippen LogP contribution in [-0.4, -0.2) is 36.3 Å². The third-order valence-corrected chi connectivity index (χ3v) is 2.60. The smallest absolute Gasteiger partial charge is 0.266 e. The van der Waals surface area contributed by atoms with Crippen molar-refractivity contribution in [1.29, 1.82) is 0 Å². The molecule has 0 bridgehead atoms. The number of nitrogens with one attached hydrogen (secondary N) is 1. The van der Waals surface area contributed by atoms with E-state index >= 15 is 0 Å². The standard InChI is InChI=1S/C11H22N4O/c1-5-12-8-9(4)10-13-11(14-16-10)15(6-2)7-3/h9,12H,5-8H2,1-4H3. The first kappa shape index (κ1) is 13.0. The number of rotatable bonds is 7. The Morgan fingerprint density at radius 2 is 2.00 bits per heavy atom. The zero-order valence-corrected chi connectivity index (χ0v) is 10.7. The Morgan fingerprint density at radius 1 is 1.31 bits per heavy atom. The van der Waals surface area contributed by atoms with Gasteiger partial charge in [-0.05, 0) is 25.5 Å². The van der Waals surface area contributed by atoms with Crippen molar-refractivity contribution in [2.45, 2.75) is 33.6 Å². The normalized spacial score (nSPS) is 12.8. The number of hydrogen-bond acceptors (Lipinski definition) is 5. The van der Waals surface area contributed by atoms with Crippen LogP contribution in [0.25, 0.3) is 0 Å². The second-order valence-corrected chi connectivity index (χ2v) is 3.81. The van der Waals surface area contributed by atoms with Crippen LogP contribution in [0, 0.1) is 0 Å². The van der Waals surface area contributed by atoms with E-state index in [1.54, 1.807) is 0 Å². The molecule has 1 unspecified atom stereocenters. The lowest BCUT2D eigenvalue weighted by atomic mass is 10.2. The fourth-order valence-electron chi connectivity index (χ4n) is 1.51. The summed E-state index contributed by atoms with van der Waals surface area (Å²) in [7, 11) is 0. The molecule has 1 rings (SSSR count). The zero-order valence-electron chi connectivity index (χ0n) is 10.7. The molecule has 16 heavy (non-hydrogen) atoms. The summed E-state index contributed by atoms with van der Waals surface area (Å²) in [6, 6.07) is 0. The molecular formula is C11H22N4O. The molecule has 0 saturated carbocycles. The Morgan fingerprint density at radius 3 is 2.56 bits per heavy atom. The number of hydrogen-bond donors (Lipinski definition) is 1. The van der Waals surface area contributed by atoms with Crippen LogP contribution in [0.15, 0.2) is 4.52 Å². The van der Waals surface area contributed by atoms with Gasteiger partial charge in [-0.2, -0.15) is 4.98 Å². The van der Waals surface area contributed by atoms with Crippen molar-refractivity contribution in [1.82, 2.24) is 15.5 Å². The first-order chi connectivity index (χ1) is 7.72. The summed E-state index contributed by atoms with van der Waals surface area (Å²) in [4.78, 5) is 6.49. The van der Waals surface area contributed by atoms with Crippen molar-refractivity contribution in [3.05, 3.63) is 5.89 Å². The van der Waals surface area contributed by atoms with Gasteiger partial charge in [0.15, 0.2) is 0 Å². The van der Waals surface area contributed by atoms with Gasteiger partial charge in [0.1, 0.15) is 0 Å². The van der Waals surface area contributed by atoms with E-state index in [1.165, 1.54) is 0 Å². The highest BCUT2D eigenvalue weighted by Crippen LogP contribution is 2.15. The van der Waals surface area contributed by atoms with E-state index < -0.39 is 0 Å². The average Bonchev–Trinajstić information content (AvgIpc) is 2.77. The highest BCUT2D eigenvalue weighted by molar-refractivity contribution is 5.27. The minimum Gasteiger partial charge on any atom is -0.339 e. The molecule has 1 heterocycles. The minimum absolute atomic E-state index is 0.261. The van der Waals surface area contributed by atoms with Crippen LogP contribution in [0.3, 0.4) is 0 Å². The number of anilines is 1. The Balaban J connectivity index is 2.62. The summed E-state index contributed by atoms with van der Waals surface area (Å²) in [5.41, 5.74) is 0. The fraction of sp³-hybridized carbons (Fsp3) is 0.818. The van der Waals surface area contributed by atoms with Crippen LogP contribution in [-0.2, 0) is 0 Å². The van der Waals surface area contributed by atoms with E-state index in [9.17, 15) is 0 Å². The maximum atomic E-state index is 5.27. The molecule has 0 radical (unpaired) electrons. The summed E-state index contributed by atoms with van der Waals surface area (Å²) >= 11 is 0. The maximum Gasteiger partial charge on any atom is 0.266 e. The summed E-state index contributed by atoms with van der Waals surface area (Å²) in [6.07, 6.45) is 0. The summed E-state index contributed by atoms with van der Waals surface area (Å²) in [5.74, 6) is 1.67. The van der Waals surface area contributed by atoms with Crippen LogP contribution in [0.1, 0.15) is 39.5 Å². The van der Waals surface area contributed by atoms with Crippen molar-refractivity contribution in [2.75, 3.05) is 31.1 Å². The Labute approximate surface area is 97.2 Å². The third-order valence-electron chi connectivity index (χ3n) is 2.60. The number of nitrogens with zero attached hydrogens (tertiary/aromatic N) is 3. The molecule has 1 N–H and O–H groups in total. The fourth-order valence-corrected chi connectivity index (χ4v) is 1.51. The van der Waals surface area contributed by atoms with Crippen LogP contribution >= 0.6 is 0 Å². The molecule has 0 fully saturated rings. The maximum absolute atomic E-state index is 5.27. The molecule has 0 aliphatic heterocycles. The molecule has 5 nitrogen and oxygen atoms in total. The minimum atomic E-state index is 0.261. The van der Waals surface area contributed by atoms with E-state index in [2.05, 4.69) is 48.1 Å². The van der Waals surface area contributed by atoms with Gasteiger partial charge >= 0.3 is 0 Å². The molecule has 1 aromatic rings. The highest BCUT2D eigenvalue weighted by atomic mass is 16.5. The van der Waals surface area contributed by atoms with Crippen molar-refractivity contribution in [3.8, 4) is 0 Å². The van der Waals surface area contributed by atoms with Gasteiger partial charge in [-0.1, -0.05) is 13.8 Å². The SMILES string of the molecule is CCNCC(C)c1nc(N(CC)CC)no1. The second-order valence-electron chi connectivity index (χ2n) is 3.81. The molecule has 1 atom stereocenters. The number of aromatic nitrogens is 2. The molecule has 0 spiro atoms. The van der Waals surface area contributed by atoms with Gasteiger partial charge in [-0.25, -0.2) is 0 Å². The molecule has 92 valence electrons. The topological polar surface area (TPSA) is 54.2 Å². The lowest BCUT2D eigenvalue weighted by molar-refractivity contribution is 0.354. The second kappa shape index (κ2) is 6.48. The van der Waals surface area contributed by atoms with E-state index in [4.69, 9.17) is 4.52 Å². The third kappa shape index (κ3) is 3.20. The molecule has 0 aliphatic rings. The summed E-state index contributed by atoms with van der Waals surface area (Å²) in [6.45, 7) is 12.0. The largest absolute Gasteiger partial charge is 0.339 e. The Bertz CT molecular complexity index is 296. The molecule has 1 aromatic heterocycles. The van der Waals surface area contributed by atoms with E-state index in [-0.39, 0.29) is 5.92 Å². The molecule has 0 aliphatic carbocycles. The van der Waals surface area contributed by atoms with Gasteiger partial charge in [0.05, 0.1) is 0 Å². The van der Waals surface area contributed by atoms with Crippen molar-refractivity contribution in [3.63, 3.8) is 0 Å². The lowest BCUT2D eigenvalue weighted by Crippen LogP contribution is -2.23. The van der Waals surface area contributed by atoms with Gasteiger partial charge in [0.25, 0.3) is 5.95 Å². The first-order valence-electron chi connectivity index (χ1n) is 6.02. The molecular weight excluding hydrogens is 204 g/mol. The van der Waals surface area contributed by atoms with Crippen LogP contribution < -0.4 is 10.2 Å². The van der Waals surface area contributed by atoms with Crippen LogP contribution in [0.2, 0.25) is 0 Å². The quantitative estimate of drug-likeness (QED) is 0.766. The van der Waals surface area contributed by atoms with Gasteiger partial charge in [0, 0.05) is 25.6 Å². The van der Waals surface area contributed by atoms with Gasteiger partial charge < -0.3 is 14.7 Å². The van der Waals surface area contributed by atoms with Gasteiger partial charge in [0.2, 0.25) is 5.89 Å². The Hall–Kier alpha value is -1.10. The van der Waals surface area contributed by atoms with Gasteiger partial charge in [-0.3, -0.25) is 0 Å². The first-order valence-corrected chi connectivity index (χ1v) is 6.02. The molecule has 0 aromatic carbocycles. The Kier molecular flexibility index (Phi) is 5.25. The average molecular weight is 226 g/mol. The van der Waals surface area contributed by atoms with Crippen LogP contribution in [0.5, 0.6) is 0 Å². The molecule has 0 saturated heterocycles. The zero-order chi connectivity index (χ0) is 12.0. The predicted octanol–water partition coefficient (Wildman–Crippen LogP) is 1.63. The summed E-state index contributed by atoms with van der Waals surface area (Å²) in [5, 5.41) is 7.27. The lowest BCUT2D eigenvalue weighted by Gasteiger charge is -2.14. The molecule has 5 heteroatoms. The van der Waals surface area contributed by atoms with E-state index in [0.29, 0.717) is 11.8 Å². The van der Waals surface area contributed by atoms with Crippen molar-refractivity contribution in [2.24, 2.45) is 0 Å². The predicted molar refractivity (Wildman–Crippen MR) is 64.8 cm³/mol. The number of likely N-dealkylation sites (N-methyl/N-ethyl adjacent to an activating group) is 1. The van der Waals surface area contributed by atoms with Crippen LogP contribution in [0.4, 0.5) is 5.95 Å². The van der Waals surface area contributed by atoms with Crippen molar-refractivity contribution < 1.29 is 4.52 Å². The summed E-state index contributed by atoms with van der Waals surface area (Å²) < 4.78 is 5.27. The van der Waals surface area contributed by atoms with Gasteiger partial charge in [-0.15, -0.1) is 0 Å². The van der Waals surface area contributed by atoms with E-state index in [1.807, 2.05) is 0 Å².